The maximum atomic E-state index is 6.11. The highest BCUT2D eigenvalue weighted by Crippen LogP contribution is 2.29. The second-order valence-corrected chi connectivity index (χ2v) is 3.31. The van der Waals surface area contributed by atoms with Crippen molar-refractivity contribution < 1.29 is 4.42 Å². The molecule has 0 spiro atoms. The molecule has 0 radical (unpaired) electrons. The predicted molar refractivity (Wildman–Crippen MR) is 53.1 cm³/mol. The molecular formula is C9H10ClN3O. The van der Waals surface area contributed by atoms with Gasteiger partial charge >= 0.3 is 0 Å². The summed E-state index contributed by atoms with van der Waals surface area (Å²) in [5.74, 6) is 0.650. The second-order valence-electron chi connectivity index (χ2n) is 2.93. The van der Waals surface area contributed by atoms with Crippen LogP contribution < -0.4 is 0 Å². The molecule has 0 bridgehead atoms. The Balaban J connectivity index is 2.61. The highest BCUT2D eigenvalue weighted by atomic mass is 35.5. The van der Waals surface area contributed by atoms with Gasteiger partial charge in [0.05, 0.1) is 16.9 Å². The van der Waals surface area contributed by atoms with E-state index in [0.29, 0.717) is 10.8 Å². The second kappa shape index (κ2) is 3.46. The van der Waals surface area contributed by atoms with Gasteiger partial charge in [0.1, 0.15) is 5.69 Å². The van der Waals surface area contributed by atoms with Crippen molar-refractivity contribution in [3.05, 3.63) is 23.3 Å². The largest absolute Gasteiger partial charge is 0.442 e. The first kappa shape index (κ1) is 9.27. The number of hydrogen-bond acceptors (Lipinski definition) is 3. The average molecular weight is 212 g/mol. The lowest BCUT2D eigenvalue weighted by molar-refractivity contribution is 0.557. The molecule has 0 atom stereocenters. The lowest BCUT2D eigenvalue weighted by Crippen LogP contribution is -1.98. The summed E-state index contributed by atoms with van der Waals surface area (Å²) in [5.41, 5.74) is 1.60. The van der Waals surface area contributed by atoms with Crippen molar-refractivity contribution in [1.29, 1.82) is 0 Å². The van der Waals surface area contributed by atoms with Gasteiger partial charge in [-0.2, -0.15) is 5.10 Å². The van der Waals surface area contributed by atoms with Crippen molar-refractivity contribution in [2.24, 2.45) is 0 Å². The summed E-state index contributed by atoms with van der Waals surface area (Å²) < 4.78 is 7.00. The van der Waals surface area contributed by atoms with E-state index in [4.69, 9.17) is 16.0 Å². The molecule has 0 aliphatic heterocycles. The van der Waals surface area contributed by atoms with Crippen LogP contribution in [0, 0.1) is 6.92 Å². The van der Waals surface area contributed by atoms with E-state index in [-0.39, 0.29) is 0 Å². The number of aromatic nitrogens is 3. The van der Waals surface area contributed by atoms with Gasteiger partial charge in [-0.05, 0) is 13.8 Å². The smallest absolute Gasteiger partial charge is 0.181 e. The fourth-order valence-corrected chi connectivity index (χ4v) is 1.59. The van der Waals surface area contributed by atoms with Crippen molar-refractivity contribution in [2.45, 2.75) is 20.4 Å². The van der Waals surface area contributed by atoms with Crippen LogP contribution in [0.4, 0.5) is 0 Å². The molecule has 0 amide bonds. The molecule has 0 aliphatic carbocycles. The number of rotatable bonds is 2. The van der Waals surface area contributed by atoms with E-state index in [2.05, 4.69) is 10.1 Å². The van der Waals surface area contributed by atoms with Crippen LogP contribution in [0.25, 0.3) is 11.5 Å². The third-order valence-corrected chi connectivity index (χ3v) is 2.47. The molecule has 0 aromatic carbocycles. The Labute approximate surface area is 86.5 Å². The van der Waals surface area contributed by atoms with Gasteiger partial charge in [0.2, 0.25) is 0 Å². The normalized spacial score (nSPS) is 10.8. The number of nitrogens with zero attached hydrogens (tertiary/aromatic N) is 3. The van der Waals surface area contributed by atoms with E-state index < -0.39 is 0 Å². The van der Waals surface area contributed by atoms with Crippen LogP contribution in [-0.2, 0) is 6.54 Å². The summed E-state index contributed by atoms with van der Waals surface area (Å²) in [6.45, 7) is 4.63. The Bertz CT molecular complexity index is 433. The van der Waals surface area contributed by atoms with E-state index in [1.54, 1.807) is 10.9 Å². The van der Waals surface area contributed by atoms with Gasteiger partial charge in [-0.15, -0.1) is 0 Å². The molecule has 2 heterocycles. The summed E-state index contributed by atoms with van der Waals surface area (Å²) in [5, 5.41) is 4.91. The monoisotopic (exact) mass is 211 g/mol. The van der Waals surface area contributed by atoms with Crippen LogP contribution in [0.2, 0.25) is 5.02 Å². The molecule has 5 heteroatoms. The van der Waals surface area contributed by atoms with E-state index >= 15 is 0 Å². The summed E-state index contributed by atoms with van der Waals surface area (Å²) in [7, 11) is 0. The SMILES string of the molecule is CCn1nc(C)c(Cl)c1-c1cnco1. The van der Waals surface area contributed by atoms with Gasteiger partial charge in [-0.3, -0.25) is 4.68 Å². The van der Waals surface area contributed by atoms with E-state index in [0.717, 1.165) is 17.9 Å². The Morgan fingerprint density at radius 1 is 1.57 bits per heavy atom. The Kier molecular flexibility index (Phi) is 2.29. The van der Waals surface area contributed by atoms with Crippen LogP contribution >= 0.6 is 11.6 Å². The molecule has 4 nitrogen and oxygen atoms in total. The van der Waals surface area contributed by atoms with E-state index in [9.17, 15) is 0 Å². The number of aryl methyl sites for hydroxylation is 2. The van der Waals surface area contributed by atoms with Crippen molar-refractivity contribution in [3.63, 3.8) is 0 Å². The van der Waals surface area contributed by atoms with Crippen molar-refractivity contribution in [3.8, 4) is 11.5 Å². The Morgan fingerprint density at radius 3 is 2.93 bits per heavy atom. The van der Waals surface area contributed by atoms with Gasteiger partial charge in [0.15, 0.2) is 12.2 Å². The third-order valence-electron chi connectivity index (χ3n) is 2.02. The van der Waals surface area contributed by atoms with Gasteiger partial charge < -0.3 is 4.42 Å². The number of oxazole rings is 1. The molecule has 0 N–H and O–H groups in total. The molecule has 0 fully saturated rings. The van der Waals surface area contributed by atoms with Gasteiger partial charge in [0.25, 0.3) is 0 Å². The van der Waals surface area contributed by atoms with E-state index in [1.807, 2.05) is 13.8 Å². The fourth-order valence-electron chi connectivity index (χ4n) is 1.36. The maximum Gasteiger partial charge on any atom is 0.181 e. The molecule has 2 aromatic heterocycles. The predicted octanol–water partition coefficient (Wildman–Crippen LogP) is 2.52. The molecule has 0 saturated heterocycles. The zero-order valence-electron chi connectivity index (χ0n) is 7.99. The molecule has 2 aromatic rings. The molecule has 0 unspecified atom stereocenters. The van der Waals surface area contributed by atoms with Crippen LogP contribution in [0.1, 0.15) is 12.6 Å². The zero-order valence-corrected chi connectivity index (χ0v) is 8.75. The third kappa shape index (κ3) is 1.32. The van der Waals surface area contributed by atoms with Gasteiger partial charge in [0, 0.05) is 6.54 Å². The first-order valence-corrected chi connectivity index (χ1v) is 4.73. The summed E-state index contributed by atoms with van der Waals surface area (Å²) in [4.78, 5) is 3.86. The van der Waals surface area contributed by atoms with Gasteiger partial charge in [-0.25, -0.2) is 4.98 Å². The van der Waals surface area contributed by atoms with Crippen molar-refractivity contribution in [2.75, 3.05) is 0 Å². The van der Waals surface area contributed by atoms with Crippen LogP contribution in [-0.4, -0.2) is 14.8 Å². The average Bonchev–Trinajstić information content (AvgIpc) is 2.76. The maximum absolute atomic E-state index is 6.11. The lowest BCUT2D eigenvalue weighted by atomic mass is 10.3. The standard InChI is InChI=1S/C9H10ClN3O/c1-3-13-9(7-4-11-5-14-7)8(10)6(2)12-13/h4-5H,3H2,1-2H3. The Morgan fingerprint density at radius 2 is 2.36 bits per heavy atom. The lowest BCUT2D eigenvalue weighted by Gasteiger charge is -2.00. The minimum atomic E-state index is 0.628. The first-order valence-electron chi connectivity index (χ1n) is 4.35. The van der Waals surface area contributed by atoms with Crippen LogP contribution in [0.3, 0.4) is 0 Å². The molecule has 2 rings (SSSR count). The minimum absolute atomic E-state index is 0.628. The molecule has 14 heavy (non-hydrogen) atoms. The number of hydrogen-bond donors (Lipinski definition) is 0. The molecular weight excluding hydrogens is 202 g/mol. The summed E-state index contributed by atoms with van der Waals surface area (Å²) in [6.07, 6.45) is 3.02. The van der Waals surface area contributed by atoms with Crippen molar-refractivity contribution in [1.82, 2.24) is 14.8 Å². The summed E-state index contributed by atoms with van der Waals surface area (Å²) in [6, 6.07) is 0. The van der Waals surface area contributed by atoms with Gasteiger partial charge in [-0.1, -0.05) is 11.6 Å². The van der Waals surface area contributed by atoms with Crippen molar-refractivity contribution >= 4 is 11.6 Å². The van der Waals surface area contributed by atoms with Crippen LogP contribution in [0.5, 0.6) is 0 Å². The zero-order chi connectivity index (χ0) is 10.1. The Hall–Kier alpha value is -1.29. The fraction of sp³-hybridized carbons (Fsp3) is 0.333. The highest BCUT2D eigenvalue weighted by molar-refractivity contribution is 6.33. The minimum Gasteiger partial charge on any atom is -0.442 e. The topological polar surface area (TPSA) is 43.9 Å². The summed E-state index contributed by atoms with van der Waals surface area (Å²) >= 11 is 6.11. The quantitative estimate of drug-likeness (QED) is 0.767. The first-order chi connectivity index (χ1) is 6.74. The highest BCUT2D eigenvalue weighted by Gasteiger charge is 2.16. The number of halogens is 1. The van der Waals surface area contributed by atoms with Crippen LogP contribution in [0.15, 0.2) is 17.0 Å². The molecule has 0 saturated carbocycles. The molecule has 0 aliphatic rings. The molecule has 74 valence electrons. The van der Waals surface area contributed by atoms with E-state index in [1.165, 1.54) is 6.39 Å².